The van der Waals surface area contributed by atoms with Crippen molar-refractivity contribution < 1.29 is 14.4 Å². The Labute approximate surface area is 70.2 Å². The number of rotatable bonds is 1. The summed E-state index contributed by atoms with van der Waals surface area (Å²) >= 11 is 0. The van der Waals surface area contributed by atoms with Gasteiger partial charge in [-0.05, 0) is 11.6 Å². The number of allylic oxidation sites excluding steroid dienone is 2. The van der Waals surface area contributed by atoms with Crippen LogP contribution in [0.5, 0.6) is 0 Å². The van der Waals surface area contributed by atoms with Crippen LogP contribution in [0.4, 0.5) is 0 Å². The lowest BCUT2D eigenvalue weighted by molar-refractivity contribution is 0.351. The van der Waals surface area contributed by atoms with E-state index in [0.717, 1.165) is 0 Å². The average molecular weight is 187 g/mol. The molecule has 0 aromatic carbocycles. The Morgan fingerprint density at radius 1 is 1.50 bits per heavy atom. The molecule has 0 aromatic heterocycles. The van der Waals surface area contributed by atoms with E-state index in [0.29, 0.717) is 0 Å². The van der Waals surface area contributed by atoms with Crippen LogP contribution in [-0.4, -0.2) is 15.1 Å². The van der Waals surface area contributed by atoms with Crippen molar-refractivity contribution in [1.82, 2.24) is 0 Å². The van der Waals surface area contributed by atoms with Gasteiger partial charge in [-0.2, -0.15) is 0 Å². The quantitative estimate of drug-likeness (QED) is 0.522. The Kier molecular flexibility index (Phi) is 2.10. The molecular formula is C7H10NO3P. The summed E-state index contributed by atoms with van der Waals surface area (Å²) < 4.78 is 10.9. The van der Waals surface area contributed by atoms with Crippen molar-refractivity contribution in [3.8, 4) is 0 Å². The van der Waals surface area contributed by atoms with Crippen molar-refractivity contribution in [1.29, 1.82) is 0 Å². The third-order valence-electron chi connectivity index (χ3n) is 1.76. The molecule has 0 saturated carbocycles. The molecule has 0 spiro atoms. The van der Waals surface area contributed by atoms with E-state index in [1.165, 1.54) is 18.2 Å². The molecule has 0 aromatic rings. The number of hydrogen-bond acceptors (Lipinski definition) is 2. The summed E-state index contributed by atoms with van der Waals surface area (Å²) in [5.74, 6) is 0. The Morgan fingerprint density at radius 3 is 2.42 bits per heavy atom. The maximum absolute atomic E-state index is 10.9. The van der Waals surface area contributed by atoms with E-state index < -0.39 is 12.9 Å². The molecule has 0 radical (unpaired) electrons. The normalized spacial score (nSPS) is 29.4. The van der Waals surface area contributed by atoms with Crippen LogP contribution in [0.2, 0.25) is 0 Å². The highest BCUT2D eigenvalue weighted by molar-refractivity contribution is 7.54. The standard InChI is InChI=1S/C7H10NO3P/c1-6-4-2-3-5-7(6,8)12(9,10)11/h2-5H,1,8H2,(H2,9,10,11). The van der Waals surface area contributed by atoms with Gasteiger partial charge < -0.3 is 15.5 Å². The van der Waals surface area contributed by atoms with E-state index in [1.54, 1.807) is 6.08 Å². The largest absolute Gasteiger partial charge is 0.353 e. The molecule has 0 amide bonds. The molecule has 1 aliphatic rings. The zero-order valence-corrected chi connectivity index (χ0v) is 7.24. The van der Waals surface area contributed by atoms with Crippen molar-refractivity contribution in [3.63, 3.8) is 0 Å². The predicted molar refractivity (Wildman–Crippen MR) is 46.4 cm³/mol. The Balaban J connectivity index is 3.16. The van der Waals surface area contributed by atoms with E-state index in [4.69, 9.17) is 15.5 Å². The van der Waals surface area contributed by atoms with Gasteiger partial charge in [0.25, 0.3) is 0 Å². The van der Waals surface area contributed by atoms with Gasteiger partial charge in [-0.1, -0.05) is 24.8 Å². The van der Waals surface area contributed by atoms with E-state index >= 15 is 0 Å². The molecule has 66 valence electrons. The minimum atomic E-state index is -4.37. The van der Waals surface area contributed by atoms with E-state index in [9.17, 15) is 4.57 Å². The molecule has 1 aliphatic carbocycles. The fourth-order valence-corrected chi connectivity index (χ4v) is 1.63. The van der Waals surface area contributed by atoms with Gasteiger partial charge in [-0.15, -0.1) is 0 Å². The van der Waals surface area contributed by atoms with E-state index in [1.807, 2.05) is 0 Å². The first-order valence-corrected chi connectivity index (χ1v) is 4.89. The Hall–Kier alpha value is -0.670. The van der Waals surface area contributed by atoms with Crippen LogP contribution >= 0.6 is 7.60 Å². The third kappa shape index (κ3) is 1.30. The van der Waals surface area contributed by atoms with Gasteiger partial charge in [0.2, 0.25) is 0 Å². The molecule has 1 unspecified atom stereocenters. The van der Waals surface area contributed by atoms with E-state index in [-0.39, 0.29) is 5.57 Å². The summed E-state index contributed by atoms with van der Waals surface area (Å²) in [6, 6.07) is 0. The zero-order chi connectivity index (χ0) is 9.41. The van der Waals surface area contributed by atoms with Gasteiger partial charge in [0.1, 0.15) is 0 Å². The summed E-state index contributed by atoms with van der Waals surface area (Å²) in [6.07, 6.45) is 5.87. The summed E-state index contributed by atoms with van der Waals surface area (Å²) in [5.41, 5.74) is 5.70. The average Bonchev–Trinajstić information content (AvgIpc) is 1.93. The molecule has 0 saturated heterocycles. The molecule has 1 rings (SSSR count). The van der Waals surface area contributed by atoms with Crippen LogP contribution in [-0.2, 0) is 4.57 Å². The topological polar surface area (TPSA) is 83.6 Å². The van der Waals surface area contributed by atoms with Crippen molar-refractivity contribution in [2.24, 2.45) is 5.73 Å². The maximum Gasteiger partial charge on any atom is 0.353 e. The summed E-state index contributed by atoms with van der Waals surface area (Å²) in [4.78, 5) is 17.8. The molecule has 12 heavy (non-hydrogen) atoms. The van der Waals surface area contributed by atoms with Gasteiger partial charge in [-0.25, -0.2) is 0 Å². The molecular weight excluding hydrogens is 177 g/mol. The first-order chi connectivity index (χ1) is 5.38. The smallest absolute Gasteiger partial charge is 0.323 e. The second-order valence-corrected chi connectivity index (χ2v) is 4.44. The van der Waals surface area contributed by atoms with Gasteiger partial charge in [-0.3, -0.25) is 4.57 Å². The Morgan fingerprint density at radius 2 is 2.08 bits per heavy atom. The first kappa shape index (κ1) is 9.42. The highest BCUT2D eigenvalue weighted by Gasteiger charge is 2.43. The molecule has 4 N–H and O–H groups in total. The predicted octanol–water partition coefficient (Wildman–Crippen LogP) is 0.501. The Bertz CT molecular complexity index is 315. The lowest BCUT2D eigenvalue weighted by Gasteiger charge is -2.28. The summed E-state index contributed by atoms with van der Waals surface area (Å²) in [5, 5.41) is -1.72. The van der Waals surface area contributed by atoms with Crippen LogP contribution in [0.25, 0.3) is 0 Å². The van der Waals surface area contributed by atoms with Crippen LogP contribution in [0, 0.1) is 0 Å². The summed E-state index contributed by atoms with van der Waals surface area (Å²) in [6.45, 7) is 3.48. The third-order valence-corrected chi connectivity index (χ3v) is 3.16. The van der Waals surface area contributed by atoms with Gasteiger partial charge in [0.05, 0.1) is 0 Å². The van der Waals surface area contributed by atoms with Crippen molar-refractivity contribution in [3.05, 3.63) is 36.5 Å². The van der Waals surface area contributed by atoms with Gasteiger partial charge in [0.15, 0.2) is 5.28 Å². The highest BCUT2D eigenvalue weighted by atomic mass is 31.2. The molecule has 0 fully saturated rings. The SMILES string of the molecule is C=C1C=CC=CC1(N)P(=O)(O)O. The molecule has 4 nitrogen and oxygen atoms in total. The number of hydrogen-bond donors (Lipinski definition) is 3. The lowest BCUT2D eigenvalue weighted by atomic mass is 10.0. The van der Waals surface area contributed by atoms with Crippen LogP contribution in [0.1, 0.15) is 0 Å². The minimum Gasteiger partial charge on any atom is -0.323 e. The van der Waals surface area contributed by atoms with Gasteiger partial charge in [0, 0.05) is 0 Å². The van der Waals surface area contributed by atoms with Crippen LogP contribution < -0.4 is 5.73 Å². The summed E-state index contributed by atoms with van der Waals surface area (Å²) in [7, 11) is -4.37. The fourth-order valence-electron chi connectivity index (χ4n) is 0.899. The van der Waals surface area contributed by atoms with Crippen molar-refractivity contribution >= 4 is 7.60 Å². The van der Waals surface area contributed by atoms with E-state index in [2.05, 4.69) is 6.58 Å². The van der Waals surface area contributed by atoms with Crippen LogP contribution in [0.15, 0.2) is 36.5 Å². The molecule has 0 aliphatic heterocycles. The molecule has 0 bridgehead atoms. The minimum absolute atomic E-state index is 0.221. The number of nitrogens with two attached hydrogens (primary N) is 1. The molecule has 5 heteroatoms. The fraction of sp³-hybridized carbons (Fsp3) is 0.143. The van der Waals surface area contributed by atoms with Crippen molar-refractivity contribution in [2.75, 3.05) is 0 Å². The monoisotopic (exact) mass is 187 g/mol. The molecule has 1 atom stereocenters. The van der Waals surface area contributed by atoms with Crippen molar-refractivity contribution in [2.45, 2.75) is 5.28 Å². The maximum atomic E-state index is 10.9. The second-order valence-electron chi connectivity index (χ2n) is 2.61. The lowest BCUT2D eigenvalue weighted by Crippen LogP contribution is -2.39. The zero-order valence-electron chi connectivity index (χ0n) is 6.34. The first-order valence-electron chi connectivity index (χ1n) is 3.28. The van der Waals surface area contributed by atoms with Crippen LogP contribution in [0.3, 0.4) is 0 Å². The molecule has 0 heterocycles. The second kappa shape index (κ2) is 2.68. The highest BCUT2D eigenvalue weighted by Crippen LogP contribution is 2.52. The van der Waals surface area contributed by atoms with Gasteiger partial charge >= 0.3 is 7.60 Å².